The molecule has 0 spiro atoms. The van der Waals surface area contributed by atoms with Crippen LogP contribution in [-0.4, -0.2) is 18.9 Å². The largest absolute Gasteiger partial charge is 0.498 e. The Morgan fingerprint density at radius 1 is 1.20 bits per heavy atom. The van der Waals surface area contributed by atoms with Crippen LogP contribution >= 0.6 is 0 Å². The minimum atomic E-state index is 0.250. The molecule has 0 saturated heterocycles. The number of ether oxygens (including phenoxy) is 1. The average Bonchev–Trinajstić information content (AvgIpc) is 2.51. The lowest BCUT2D eigenvalue weighted by Crippen LogP contribution is -2.03. The summed E-state index contributed by atoms with van der Waals surface area (Å²) in [5, 5.41) is 15.1. The summed E-state index contributed by atoms with van der Waals surface area (Å²) in [6, 6.07) is 15.6. The lowest BCUT2D eigenvalue weighted by Gasteiger charge is -2.04. The molecule has 0 amide bonds. The van der Waals surface area contributed by atoms with E-state index in [0.717, 1.165) is 16.3 Å². The minimum Gasteiger partial charge on any atom is -0.498 e. The van der Waals surface area contributed by atoms with Crippen molar-refractivity contribution in [1.29, 1.82) is 5.26 Å². The summed E-state index contributed by atoms with van der Waals surface area (Å²) in [6.07, 6.45) is 1.34. The number of rotatable bonds is 6. The van der Waals surface area contributed by atoms with Crippen molar-refractivity contribution in [3.8, 4) is 6.07 Å². The van der Waals surface area contributed by atoms with Gasteiger partial charge in [-0.2, -0.15) is 5.26 Å². The van der Waals surface area contributed by atoms with Crippen molar-refractivity contribution in [2.75, 3.05) is 13.2 Å². The molecule has 0 N–H and O–H groups in total. The van der Waals surface area contributed by atoms with Crippen molar-refractivity contribution < 1.29 is 9.57 Å². The average molecular weight is 266 g/mol. The van der Waals surface area contributed by atoms with E-state index in [0.29, 0.717) is 6.61 Å². The van der Waals surface area contributed by atoms with Gasteiger partial charge in [0.15, 0.2) is 12.3 Å². The summed E-state index contributed by atoms with van der Waals surface area (Å²) >= 11 is 0. The van der Waals surface area contributed by atoms with E-state index in [1.54, 1.807) is 0 Å². The Bertz CT molecular complexity index is 666. The summed E-state index contributed by atoms with van der Waals surface area (Å²) < 4.78 is 4.91. The second-order valence-electron chi connectivity index (χ2n) is 3.95. The molecule has 100 valence electrons. The van der Waals surface area contributed by atoms with Crippen molar-refractivity contribution in [3.63, 3.8) is 0 Å². The van der Waals surface area contributed by atoms with E-state index in [9.17, 15) is 5.26 Å². The zero-order valence-corrected chi connectivity index (χ0v) is 11.0. The molecule has 0 fully saturated rings. The summed E-state index contributed by atoms with van der Waals surface area (Å²) in [7, 11) is 0. The number of hydrogen-bond donors (Lipinski definition) is 0. The Kier molecular flexibility index (Phi) is 4.74. The van der Waals surface area contributed by atoms with Gasteiger partial charge in [0.05, 0.1) is 6.26 Å². The normalized spacial score (nSPS) is 10.8. The molecule has 0 aliphatic rings. The maximum Gasteiger partial charge on any atom is 0.187 e. The number of nitriles is 1. The highest BCUT2D eigenvalue weighted by Gasteiger charge is 2.07. The highest BCUT2D eigenvalue weighted by Crippen LogP contribution is 2.19. The smallest absolute Gasteiger partial charge is 0.187 e. The van der Waals surface area contributed by atoms with E-state index >= 15 is 0 Å². The number of benzene rings is 2. The van der Waals surface area contributed by atoms with Crippen LogP contribution in [0, 0.1) is 11.3 Å². The van der Waals surface area contributed by atoms with Crippen LogP contribution in [-0.2, 0) is 9.57 Å². The van der Waals surface area contributed by atoms with Crippen molar-refractivity contribution >= 4 is 16.5 Å². The fourth-order valence-electron chi connectivity index (χ4n) is 1.84. The molecule has 2 rings (SSSR count). The quantitative estimate of drug-likeness (QED) is 0.349. The Hall–Kier alpha value is -2.80. The molecule has 0 unspecified atom stereocenters. The highest BCUT2D eigenvalue weighted by atomic mass is 16.6. The second-order valence-corrected chi connectivity index (χ2v) is 3.95. The fraction of sp³-hybridized carbons (Fsp3) is 0.125. The van der Waals surface area contributed by atoms with Gasteiger partial charge in [-0.15, -0.1) is 0 Å². The Morgan fingerprint density at radius 3 is 2.80 bits per heavy atom. The third-order valence-electron chi connectivity index (χ3n) is 2.72. The molecule has 0 aromatic heterocycles. The first kappa shape index (κ1) is 13.6. The number of fused-ring (bicyclic) bond motifs is 1. The van der Waals surface area contributed by atoms with E-state index in [2.05, 4.69) is 17.8 Å². The molecular formula is C16H14N2O2. The van der Waals surface area contributed by atoms with Gasteiger partial charge >= 0.3 is 0 Å². The van der Waals surface area contributed by atoms with Crippen molar-refractivity contribution in [1.82, 2.24) is 0 Å². The first-order valence-electron chi connectivity index (χ1n) is 6.17. The molecule has 0 heterocycles. The van der Waals surface area contributed by atoms with Crippen LogP contribution in [0.3, 0.4) is 0 Å². The van der Waals surface area contributed by atoms with E-state index < -0.39 is 0 Å². The molecular weight excluding hydrogens is 252 g/mol. The molecule has 20 heavy (non-hydrogen) atoms. The Morgan fingerprint density at radius 2 is 2.00 bits per heavy atom. The topological polar surface area (TPSA) is 54.6 Å². The van der Waals surface area contributed by atoms with E-state index in [1.807, 2.05) is 42.5 Å². The van der Waals surface area contributed by atoms with Crippen LogP contribution < -0.4 is 0 Å². The van der Waals surface area contributed by atoms with Crippen LogP contribution in [0.1, 0.15) is 5.56 Å². The molecule has 0 radical (unpaired) electrons. The van der Waals surface area contributed by atoms with Crippen LogP contribution in [0.15, 0.2) is 60.5 Å². The van der Waals surface area contributed by atoms with E-state index in [-0.39, 0.29) is 12.3 Å². The third kappa shape index (κ3) is 3.15. The molecule has 0 bridgehead atoms. The van der Waals surface area contributed by atoms with Crippen molar-refractivity contribution in [2.45, 2.75) is 0 Å². The summed E-state index contributed by atoms with van der Waals surface area (Å²) in [5.41, 5.74) is 1.01. The van der Waals surface area contributed by atoms with Crippen molar-refractivity contribution in [3.05, 3.63) is 60.9 Å². The minimum absolute atomic E-state index is 0.250. The van der Waals surface area contributed by atoms with Gasteiger partial charge in [-0.1, -0.05) is 54.2 Å². The first-order valence-corrected chi connectivity index (χ1v) is 6.17. The Balaban J connectivity index is 2.24. The van der Waals surface area contributed by atoms with Gasteiger partial charge in [0.1, 0.15) is 12.7 Å². The SMILES string of the molecule is C=COCCO/N=C(\C#N)c1cccc2ccccc12. The summed E-state index contributed by atoms with van der Waals surface area (Å²) in [5.74, 6) is 0. The molecule has 2 aromatic carbocycles. The zero-order chi connectivity index (χ0) is 14.2. The Labute approximate surface area is 117 Å². The van der Waals surface area contributed by atoms with Crippen molar-refractivity contribution in [2.24, 2.45) is 5.16 Å². The van der Waals surface area contributed by atoms with Gasteiger partial charge in [-0.3, -0.25) is 0 Å². The number of hydrogen-bond acceptors (Lipinski definition) is 4. The fourth-order valence-corrected chi connectivity index (χ4v) is 1.84. The maximum atomic E-state index is 9.23. The first-order chi connectivity index (χ1) is 9.86. The van der Waals surface area contributed by atoms with Gasteiger partial charge in [0, 0.05) is 5.56 Å². The van der Waals surface area contributed by atoms with E-state index in [4.69, 9.17) is 9.57 Å². The predicted octanol–water partition coefficient (Wildman–Crippen LogP) is 3.24. The molecule has 2 aromatic rings. The van der Waals surface area contributed by atoms with Crippen LogP contribution in [0.5, 0.6) is 0 Å². The molecule has 4 heteroatoms. The second kappa shape index (κ2) is 6.95. The van der Waals surface area contributed by atoms with Gasteiger partial charge in [0.2, 0.25) is 0 Å². The lowest BCUT2D eigenvalue weighted by molar-refractivity contribution is 0.0911. The van der Waals surface area contributed by atoms with Crippen LogP contribution in [0.2, 0.25) is 0 Å². The maximum absolute atomic E-state index is 9.23. The molecule has 0 atom stereocenters. The number of nitrogens with zero attached hydrogens (tertiary/aromatic N) is 2. The number of oxime groups is 1. The standard InChI is InChI=1S/C16H14N2O2/c1-2-19-10-11-20-18-16(12-17)15-9-5-7-13-6-3-4-8-14(13)15/h2-9H,1,10-11H2/b18-16+. The molecule has 0 saturated carbocycles. The van der Waals surface area contributed by atoms with E-state index in [1.165, 1.54) is 6.26 Å². The monoisotopic (exact) mass is 266 g/mol. The summed E-state index contributed by atoms with van der Waals surface area (Å²) in [6.45, 7) is 4.04. The van der Waals surface area contributed by atoms with Crippen LogP contribution in [0.4, 0.5) is 0 Å². The molecule has 0 aliphatic carbocycles. The predicted molar refractivity (Wildman–Crippen MR) is 78.2 cm³/mol. The highest BCUT2D eigenvalue weighted by molar-refractivity contribution is 6.18. The van der Waals surface area contributed by atoms with Gasteiger partial charge in [-0.05, 0) is 10.8 Å². The van der Waals surface area contributed by atoms with Gasteiger partial charge in [0.25, 0.3) is 0 Å². The molecule has 0 aliphatic heterocycles. The van der Waals surface area contributed by atoms with Gasteiger partial charge < -0.3 is 9.57 Å². The molecule has 4 nitrogen and oxygen atoms in total. The summed E-state index contributed by atoms with van der Waals surface area (Å²) in [4.78, 5) is 5.08. The lowest BCUT2D eigenvalue weighted by atomic mass is 10.0. The van der Waals surface area contributed by atoms with Gasteiger partial charge in [-0.25, -0.2) is 0 Å². The van der Waals surface area contributed by atoms with Crippen LogP contribution in [0.25, 0.3) is 10.8 Å². The third-order valence-corrected chi connectivity index (χ3v) is 2.72. The zero-order valence-electron chi connectivity index (χ0n) is 11.0.